The van der Waals surface area contributed by atoms with Crippen LogP contribution in [-0.2, 0) is 4.79 Å². The summed E-state index contributed by atoms with van der Waals surface area (Å²) in [5.74, 6) is -0.687. The number of halogens is 1. The molecule has 114 valence electrons. The molecule has 6 heteroatoms. The van der Waals surface area contributed by atoms with Gasteiger partial charge in [-0.1, -0.05) is 12.8 Å². The summed E-state index contributed by atoms with van der Waals surface area (Å²) in [5, 5.41) is 9.08. The van der Waals surface area contributed by atoms with Gasteiger partial charge in [0.15, 0.2) is 0 Å². The monoisotopic (exact) mass is 355 g/mol. The smallest absolute Gasteiger partial charge is 0.323 e. The van der Waals surface area contributed by atoms with E-state index in [1.165, 1.54) is 12.0 Å². The average molecular weight is 356 g/mol. The highest BCUT2D eigenvalue weighted by molar-refractivity contribution is 9.10. The van der Waals surface area contributed by atoms with Crippen LogP contribution in [-0.4, -0.2) is 41.6 Å². The molecule has 0 saturated heterocycles. The van der Waals surface area contributed by atoms with E-state index in [-0.39, 0.29) is 18.5 Å². The first-order chi connectivity index (χ1) is 10.0. The predicted octanol–water partition coefficient (Wildman–Crippen LogP) is 2.93. The van der Waals surface area contributed by atoms with Gasteiger partial charge >= 0.3 is 5.97 Å². The Morgan fingerprint density at radius 3 is 2.62 bits per heavy atom. The minimum atomic E-state index is -0.991. The van der Waals surface area contributed by atoms with Crippen LogP contribution in [0.1, 0.15) is 36.0 Å². The van der Waals surface area contributed by atoms with Crippen molar-refractivity contribution in [1.29, 1.82) is 0 Å². The zero-order valence-corrected chi connectivity index (χ0v) is 13.4. The third kappa shape index (κ3) is 3.75. The van der Waals surface area contributed by atoms with Gasteiger partial charge in [-0.3, -0.25) is 9.59 Å². The van der Waals surface area contributed by atoms with Gasteiger partial charge in [0, 0.05) is 10.5 Å². The van der Waals surface area contributed by atoms with Gasteiger partial charge in [-0.25, -0.2) is 0 Å². The molecular formula is C15H18BrNO4. The molecule has 1 aromatic carbocycles. The molecule has 0 atom stereocenters. The third-order valence-electron chi connectivity index (χ3n) is 3.74. The van der Waals surface area contributed by atoms with Gasteiger partial charge in [0.25, 0.3) is 5.91 Å². The summed E-state index contributed by atoms with van der Waals surface area (Å²) in [6, 6.07) is 5.13. The van der Waals surface area contributed by atoms with E-state index < -0.39 is 5.97 Å². The van der Waals surface area contributed by atoms with Crippen LogP contribution in [0.4, 0.5) is 0 Å². The number of carboxylic acid groups (broad SMARTS) is 1. The molecule has 0 aromatic heterocycles. The number of hydrogen-bond donors (Lipinski definition) is 1. The van der Waals surface area contributed by atoms with E-state index >= 15 is 0 Å². The molecule has 1 N–H and O–H groups in total. The number of benzene rings is 1. The Morgan fingerprint density at radius 2 is 2.05 bits per heavy atom. The summed E-state index contributed by atoms with van der Waals surface area (Å²) in [7, 11) is 1.53. The molecule has 21 heavy (non-hydrogen) atoms. The third-order valence-corrected chi connectivity index (χ3v) is 4.43. The zero-order chi connectivity index (χ0) is 15.4. The quantitative estimate of drug-likeness (QED) is 0.881. The Bertz CT molecular complexity index is 540. The number of methoxy groups -OCH3 is 1. The summed E-state index contributed by atoms with van der Waals surface area (Å²) in [6.07, 6.45) is 3.79. The molecule has 1 aromatic rings. The number of carbonyl (C=O) groups is 2. The van der Waals surface area contributed by atoms with Crippen LogP contribution in [0.5, 0.6) is 5.75 Å². The number of aliphatic carboxylic acids is 1. The van der Waals surface area contributed by atoms with Crippen molar-refractivity contribution >= 4 is 27.8 Å². The highest BCUT2D eigenvalue weighted by Gasteiger charge is 2.30. The van der Waals surface area contributed by atoms with Crippen LogP contribution in [0.3, 0.4) is 0 Å². The topological polar surface area (TPSA) is 66.8 Å². The first-order valence-corrected chi connectivity index (χ1v) is 7.68. The van der Waals surface area contributed by atoms with Crippen LogP contribution in [0.25, 0.3) is 0 Å². The average Bonchev–Trinajstić information content (AvgIpc) is 2.98. The van der Waals surface area contributed by atoms with Crippen molar-refractivity contribution in [2.45, 2.75) is 31.7 Å². The van der Waals surface area contributed by atoms with Crippen molar-refractivity contribution in [3.8, 4) is 5.75 Å². The molecule has 1 amide bonds. The fourth-order valence-corrected chi connectivity index (χ4v) is 3.09. The molecule has 1 aliphatic carbocycles. The Labute approximate surface area is 132 Å². The molecule has 1 fully saturated rings. The van der Waals surface area contributed by atoms with Gasteiger partial charge in [-0.05, 0) is 47.0 Å². The maximum atomic E-state index is 12.7. The van der Waals surface area contributed by atoms with Gasteiger partial charge in [-0.2, -0.15) is 0 Å². The summed E-state index contributed by atoms with van der Waals surface area (Å²) in [4.78, 5) is 25.3. The number of amides is 1. The molecule has 0 heterocycles. The standard InChI is InChI=1S/C15H18BrNO4/c1-21-11-6-7-13(16)12(8-11)15(20)17(9-14(18)19)10-4-2-3-5-10/h6-8,10H,2-5,9H2,1H3,(H,18,19). The van der Waals surface area contributed by atoms with E-state index in [0.717, 1.165) is 25.7 Å². The fraction of sp³-hybridized carbons (Fsp3) is 0.467. The lowest BCUT2D eigenvalue weighted by Crippen LogP contribution is -2.42. The van der Waals surface area contributed by atoms with E-state index in [1.807, 2.05) is 0 Å². The van der Waals surface area contributed by atoms with Crippen molar-refractivity contribution in [2.75, 3.05) is 13.7 Å². The maximum absolute atomic E-state index is 12.7. The molecule has 1 aliphatic rings. The van der Waals surface area contributed by atoms with Gasteiger partial charge in [0.05, 0.1) is 12.7 Å². The van der Waals surface area contributed by atoms with Gasteiger partial charge in [0.1, 0.15) is 12.3 Å². The molecule has 0 spiro atoms. The molecule has 1 saturated carbocycles. The highest BCUT2D eigenvalue weighted by Crippen LogP contribution is 2.28. The SMILES string of the molecule is COc1ccc(Br)c(C(=O)N(CC(=O)O)C2CCCC2)c1. The Morgan fingerprint density at radius 1 is 1.38 bits per heavy atom. The van der Waals surface area contributed by atoms with E-state index in [2.05, 4.69) is 15.9 Å². The molecule has 0 bridgehead atoms. The maximum Gasteiger partial charge on any atom is 0.323 e. The summed E-state index contributed by atoms with van der Waals surface area (Å²) in [6.45, 7) is -0.271. The van der Waals surface area contributed by atoms with Crippen LogP contribution >= 0.6 is 15.9 Å². The van der Waals surface area contributed by atoms with Crippen molar-refractivity contribution < 1.29 is 19.4 Å². The summed E-state index contributed by atoms with van der Waals surface area (Å²) >= 11 is 3.35. The predicted molar refractivity (Wildman–Crippen MR) is 81.6 cm³/mol. The Kier molecular flexibility index (Phi) is 5.22. The second-order valence-corrected chi connectivity index (χ2v) is 5.97. The largest absolute Gasteiger partial charge is 0.497 e. The van der Waals surface area contributed by atoms with Crippen LogP contribution in [0, 0.1) is 0 Å². The molecule has 0 radical (unpaired) electrons. The van der Waals surface area contributed by atoms with Gasteiger partial charge in [-0.15, -0.1) is 0 Å². The van der Waals surface area contributed by atoms with Crippen LogP contribution in [0.15, 0.2) is 22.7 Å². The van der Waals surface area contributed by atoms with Gasteiger partial charge < -0.3 is 14.7 Å². The summed E-state index contributed by atoms with van der Waals surface area (Å²) in [5.41, 5.74) is 0.433. The van der Waals surface area contributed by atoms with E-state index in [0.29, 0.717) is 15.8 Å². The Hall–Kier alpha value is -1.56. The highest BCUT2D eigenvalue weighted by atomic mass is 79.9. The molecular weight excluding hydrogens is 338 g/mol. The minimum Gasteiger partial charge on any atom is -0.497 e. The van der Waals surface area contributed by atoms with Crippen molar-refractivity contribution in [1.82, 2.24) is 4.90 Å². The van der Waals surface area contributed by atoms with E-state index in [1.54, 1.807) is 18.2 Å². The number of carbonyl (C=O) groups excluding carboxylic acids is 1. The van der Waals surface area contributed by atoms with Gasteiger partial charge in [0.2, 0.25) is 0 Å². The van der Waals surface area contributed by atoms with Crippen LogP contribution in [0.2, 0.25) is 0 Å². The number of carboxylic acids is 1. The van der Waals surface area contributed by atoms with Crippen LogP contribution < -0.4 is 4.74 Å². The lowest BCUT2D eigenvalue weighted by atomic mass is 10.1. The molecule has 0 aliphatic heterocycles. The van der Waals surface area contributed by atoms with E-state index in [4.69, 9.17) is 9.84 Å². The normalized spacial score (nSPS) is 15.0. The first-order valence-electron chi connectivity index (χ1n) is 6.89. The van der Waals surface area contributed by atoms with Crippen molar-refractivity contribution in [3.05, 3.63) is 28.2 Å². The Balaban J connectivity index is 2.30. The molecule has 2 rings (SSSR count). The van der Waals surface area contributed by atoms with E-state index in [9.17, 15) is 9.59 Å². The lowest BCUT2D eigenvalue weighted by Gasteiger charge is -2.28. The number of ether oxygens (including phenoxy) is 1. The summed E-state index contributed by atoms with van der Waals surface area (Å²) < 4.78 is 5.78. The molecule has 5 nitrogen and oxygen atoms in total. The lowest BCUT2D eigenvalue weighted by molar-refractivity contribution is -0.138. The first kappa shape index (κ1) is 15.8. The fourth-order valence-electron chi connectivity index (χ4n) is 2.68. The van der Waals surface area contributed by atoms with Crippen molar-refractivity contribution in [3.63, 3.8) is 0 Å². The molecule has 0 unspecified atom stereocenters. The zero-order valence-electron chi connectivity index (χ0n) is 11.8. The minimum absolute atomic E-state index is 0.00620. The van der Waals surface area contributed by atoms with Crippen molar-refractivity contribution in [2.24, 2.45) is 0 Å². The second kappa shape index (κ2) is 6.93. The number of hydrogen-bond acceptors (Lipinski definition) is 3. The number of nitrogens with zero attached hydrogens (tertiary/aromatic N) is 1. The second-order valence-electron chi connectivity index (χ2n) is 5.11. The number of rotatable bonds is 5.